The topological polar surface area (TPSA) is 23.5 Å². The van der Waals surface area contributed by atoms with Gasteiger partial charge in [-0.25, -0.2) is 8.78 Å². The average molecular weight is 255 g/mol. The molecule has 0 radical (unpaired) electrons. The summed E-state index contributed by atoms with van der Waals surface area (Å²) in [4.78, 5) is 2.17. The second-order valence-electron chi connectivity index (χ2n) is 5.17. The van der Waals surface area contributed by atoms with Crippen LogP contribution in [-0.2, 0) is 0 Å². The van der Waals surface area contributed by atoms with E-state index in [0.717, 1.165) is 44.0 Å². The molecule has 0 aromatic heterocycles. The number of piperidine rings is 1. The highest BCUT2D eigenvalue weighted by molar-refractivity contribution is 5.20. The van der Waals surface area contributed by atoms with Crippen molar-refractivity contribution in [1.29, 1.82) is 0 Å². The molecule has 0 aliphatic carbocycles. The maximum atomic E-state index is 13.1. The molecule has 0 amide bonds. The van der Waals surface area contributed by atoms with Gasteiger partial charge < -0.3 is 10.0 Å². The summed E-state index contributed by atoms with van der Waals surface area (Å²) in [6, 6.07) is 3.58. The van der Waals surface area contributed by atoms with Crippen LogP contribution in [0.1, 0.15) is 31.4 Å². The molecule has 1 atom stereocenters. The van der Waals surface area contributed by atoms with Crippen molar-refractivity contribution in [2.24, 2.45) is 5.92 Å². The highest BCUT2D eigenvalue weighted by atomic mass is 19.2. The normalized spacial score (nSPS) is 20.0. The Kier molecular flexibility index (Phi) is 4.30. The SMILES string of the molecule is CC1CCN(CC(O)c2ccc(F)c(F)c2)CC1. The summed E-state index contributed by atoms with van der Waals surface area (Å²) in [5.41, 5.74) is 0.438. The number of benzene rings is 1. The van der Waals surface area contributed by atoms with Crippen LogP contribution in [0.15, 0.2) is 18.2 Å². The Bertz CT molecular complexity index is 403. The van der Waals surface area contributed by atoms with Gasteiger partial charge in [-0.05, 0) is 49.5 Å². The predicted molar refractivity (Wildman–Crippen MR) is 66.2 cm³/mol. The Morgan fingerprint density at radius 2 is 1.94 bits per heavy atom. The van der Waals surface area contributed by atoms with Crippen LogP contribution in [0.4, 0.5) is 8.78 Å². The Labute approximate surface area is 106 Å². The zero-order valence-electron chi connectivity index (χ0n) is 10.6. The lowest BCUT2D eigenvalue weighted by Crippen LogP contribution is -2.36. The Hall–Kier alpha value is -1.00. The van der Waals surface area contributed by atoms with Crippen LogP contribution in [0.3, 0.4) is 0 Å². The molecule has 1 aliphatic heterocycles. The molecular weight excluding hydrogens is 236 g/mol. The molecule has 1 unspecified atom stereocenters. The van der Waals surface area contributed by atoms with E-state index in [9.17, 15) is 13.9 Å². The van der Waals surface area contributed by atoms with Crippen LogP contribution < -0.4 is 0 Å². The lowest BCUT2D eigenvalue weighted by atomic mass is 9.98. The summed E-state index contributed by atoms with van der Waals surface area (Å²) in [6.07, 6.45) is 1.50. The third kappa shape index (κ3) is 3.27. The molecule has 1 aliphatic rings. The molecule has 2 rings (SSSR count). The minimum atomic E-state index is -0.904. The van der Waals surface area contributed by atoms with Gasteiger partial charge in [0.25, 0.3) is 0 Å². The zero-order chi connectivity index (χ0) is 13.1. The van der Waals surface area contributed by atoms with E-state index in [1.54, 1.807) is 0 Å². The maximum Gasteiger partial charge on any atom is 0.159 e. The van der Waals surface area contributed by atoms with Crippen molar-refractivity contribution in [1.82, 2.24) is 4.90 Å². The first-order chi connectivity index (χ1) is 8.56. The maximum absolute atomic E-state index is 13.1. The average Bonchev–Trinajstić information content (AvgIpc) is 2.35. The molecule has 0 saturated carbocycles. The smallest absolute Gasteiger partial charge is 0.159 e. The lowest BCUT2D eigenvalue weighted by Gasteiger charge is -2.31. The first-order valence-electron chi connectivity index (χ1n) is 6.41. The summed E-state index contributed by atoms with van der Waals surface area (Å²) in [5.74, 6) is -1.04. The van der Waals surface area contributed by atoms with Gasteiger partial charge in [-0.15, -0.1) is 0 Å². The van der Waals surface area contributed by atoms with Gasteiger partial charge >= 0.3 is 0 Å². The molecule has 0 bridgehead atoms. The number of β-amino-alcohol motifs (C(OH)–C–C–N with tert-alkyl or cyclic N) is 1. The van der Waals surface area contributed by atoms with E-state index in [1.165, 1.54) is 6.07 Å². The molecule has 1 saturated heterocycles. The van der Waals surface area contributed by atoms with Crippen molar-refractivity contribution in [3.8, 4) is 0 Å². The standard InChI is InChI=1S/C14H19F2NO/c1-10-4-6-17(7-5-10)9-14(18)11-2-3-12(15)13(16)8-11/h2-3,8,10,14,18H,4-7,9H2,1H3. The van der Waals surface area contributed by atoms with Crippen LogP contribution in [0.2, 0.25) is 0 Å². The second-order valence-corrected chi connectivity index (χ2v) is 5.17. The number of likely N-dealkylation sites (tertiary alicyclic amines) is 1. The van der Waals surface area contributed by atoms with Crippen molar-refractivity contribution in [3.05, 3.63) is 35.4 Å². The Morgan fingerprint density at radius 1 is 1.28 bits per heavy atom. The van der Waals surface area contributed by atoms with E-state index in [0.29, 0.717) is 12.1 Å². The molecule has 1 aromatic rings. The lowest BCUT2D eigenvalue weighted by molar-refractivity contribution is 0.0913. The van der Waals surface area contributed by atoms with Gasteiger partial charge in [0, 0.05) is 6.54 Å². The predicted octanol–water partition coefficient (Wildman–Crippen LogP) is 2.73. The molecule has 2 nitrogen and oxygen atoms in total. The van der Waals surface area contributed by atoms with Crippen LogP contribution >= 0.6 is 0 Å². The van der Waals surface area contributed by atoms with E-state index in [2.05, 4.69) is 11.8 Å². The highest BCUT2D eigenvalue weighted by Crippen LogP contribution is 2.21. The van der Waals surface area contributed by atoms with E-state index in [-0.39, 0.29) is 0 Å². The second kappa shape index (κ2) is 5.76. The van der Waals surface area contributed by atoms with Gasteiger partial charge in [0.1, 0.15) is 0 Å². The molecule has 100 valence electrons. The third-order valence-electron chi connectivity index (χ3n) is 3.64. The highest BCUT2D eigenvalue weighted by Gasteiger charge is 2.19. The minimum Gasteiger partial charge on any atom is -0.387 e. The van der Waals surface area contributed by atoms with Gasteiger partial charge in [-0.1, -0.05) is 13.0 Å². The van der Waals surface area contributed by atoms with Crippen molar-refractivity contribution >= 4 is 0 Å². The van der Waals surface area contributed by atoms with Crippen molar-refractivity contribution in [2.75, 3.05) is 19.6 Å². The molecule has 18 heavy (non-hydrogen) atoms. The molecule has 1 heterocycles. The number of rotatable bonds is 3. The first kappa shape index (κ1) is 13.4. The number of aliphatic hydroxyl groups is 1. The van der Waals surface area contributed by atoms with Crippen molar-refractivity contribution < 1.29 is 13.9 Å². The molecule has 1 N–H and O–H groups in total. The first-order valence-corrected chi connectivity index (χ1v) is 6.41. The van der Waals surface area contributed by atoms with Gasteiger partial charge in [0.15, 0.2) is 11.6 Å². The van der Waals surface area contributed by atoms with Gasteiger partial charge in [0.2, 0.25) is 0 Å². The number of aliphatic hydroxyl groups excluding tert-OH is 1. The largest absolute Gasteiger partial charge is 0.387 e. The van der Waals surface area contributed by atoms with Crippen LogP contribution in [-0.4, -0.2) is 29.6 Å². The van der Waals surface area contributed by atoms with Gasteiger partial charge in [-0.3, -0.25) is 0 Å². The molecular formula is C14H19F2NO. The van der Waals surface area contributed by atoms with Gasteiger partial charge in [-0.2, -0.15) is 0 Å². The van der Waals surface area contributed by atoms with Crippen LogP contribution in [0.25, 0.3) is 0 Å². The number of halogens is 2. The number of nitrogens with zero attached hydrogens (tertiary/aromatic N) is 1. The number of hydrogen-bond acceptors (Lipinski definition) is 2. The molecule has 1 fully saturated rings. The summed E-state index contributed by atoms with van der Waals surface area (Å²) < 4.78 is 25.9. The molecule has 4 heteroatoms. The quantitative estimate of drug-likeness (QED) is 0.897. The third-order valence-corrected chi connectivity index (χ3v) is 3.64. The van der Waals surface area contributed by atoms with E-state index < -0.39 is 17.7 Å². The Balaban J connectivity index is 1.94. The summed E-state index contributed by atoms with van der Waals surface area (Å²) >= 11 is 0. The summed E-state index contributed by atoms with van der Waals surface area (Å²) in [7, 11) is 0. The summed E-state index contributed by atoms with van der Waals surface area (Å²) in [6.45, 7) is 4.63. The van der Waals surface area contributed by atoms with Crippen molar-refractivity contribution in [2.45, 2.75) is 25.9 Å². The van der Waals surface area contributed by atoms with E-state index in [1.807, 2.05) is 0 Å². The van der Waals surface area contributed by atoms with Crippen LogP contribution in [0.5, 0.6) is 0 Å². The minimum absolute atomic E-state index is 0.438. The monoisotopic (exact) mass is 255 g/mol. The molecule has 0 spiro atoms. The fourth-order valence-corrected chi connectivity index (χ4v) is 2.31. The van der Waals surface area contributed by atoms with E-state index >= 15 is 0 Å². The number of hydrogen-bond donors (Lipinski definition) is 1. The molecule has 1 aromatic carbocycles. The summed E-state index contributed by atoms with van der Waals surface area (Å²) in [5, 5.41) is 10.0. The van der Waals surface area contributed by atoms with Gasteiger partial charge in [0.05, 0.1) is 6.10 Å². The van der Waals surface area contributed by atoms with E-state index in [4.69, 9.17) is 0 Å². The van der Waals surface area contributed by atoms with Crippen molar-refractivity contribution in [3.63, 3.8) is 0 Å². The Morgan fingerprint density at radius 3 is 2.56 bits per heavy atom. The van der Waals surface area contributed by atoms with Crippen LogP contribution in [0, 0.1) is 17.6 Å². The fraction of sp³-hybridized carbons (Fsp3) is 0.571. The zero-order valence-corrected chi connectivity index (χ0v) is 10.6. The fourth-order valence-electron chi connectivity index (χ4n) is 2.31.